The molecule has 1 aromatic heterocycles. The van der Waals surface area contributed by atoms with Crippen molar-refractivity contribution in [1.29, 1.82) is 0 Å². The highest BCUT2D eigenvalue weighted by Crippen LogP contribution is 2.32. The second kappa shape index (κ2) is 7.79. The maximum absolute atomic E-state index is 11.8. The highest BCUT2D eigenvalue weighted by atomic mass is 35.5. The summed E-state index contributed by atoms with van der Waals surface area (Å²) in [7, 11) is 1.50. The molecular formula is C22H24ClN3O3. The largest absolute Gasteiger partial charge is 0.497 e. The average Bonchev–Trinajstić information content (AvgIpc) is 3.08. The Morgan fingerprint density at radius 1 is 1.17 bits per heavy atom. The van der Waals surface area contributed by atoms with Gasteiger partial charge in [0, 0.05) is 16.5 Å². The number of halogens is 1. The number of aromatic nitrogens is 2. The fourth-order valence-electron chi connectivity index (χ4n) is 2.91. The van der Waals surface area contributed by atoms with Crippen molar-refractivity contribution in [3.8, 4) is 11.4 Å². The summed E-state index contributed by atoms with van der Waals surface area (Å²) >= 11 is 6.22. The molecule has 0 radical (unpaired) electrons. The van der Waals surface area contributed by atoms with Crippen LogP contribution < -0.4 is 10.1 Å². The maximum atomic E-state index is 11.8. The van der Waals surface area contributed by atoms with Crippen molar-refractivity contribution < 1.29 is 14.6 Å². The van der Waals surface area contributed by atoms with Crippen molar-refractivity contribution in [2.24, 2.45) is 0 Å². The highest BCUT2D eigenvalue weighted by Gasteiger charge is 2.22. The molecule has 0 bridgehead atoms. The zero-order valence-electron chi connectivity index (χ0n) is 17.1. The number of rotatable bonds is 5. The SMILES string of the molecule is COc1ccc(Nc2cc(C(C)(C)C)nn2-c2cc(Cl)ccc2C)c(C(=O)O)c1. The fraction of sp³-hybridized carbons (Fsp3) is 0.273. The third-order valence-electron chi connectivity index (χ3n) is 4.60. The standard InChI is InChI=1S/C22H24ClN3O3/c1-13-6-7-14(23)10-18(13)26-20(12-19(25-26)22(2,3)4)24-17-9-8-15(29-5)11-16(17)21(27)28/h6-12,24H,1-5H3,(H,27,28). The predicted molar refractivity (Wildman–Crippen MR) is 115 cm³/mol. The molecule has 0 saturated carbocycles. The number of nitrogens with one attached hydrogen (secondary N) is 1. The van der Waals surface area contributed by atoms with E-state index < -0.39 is 5.97 Å². The summed E-state index contributed by atoms with van der Waals surface area (Å²) in [4.78, 5) is 11.8. The van der Waals surface area contributed by atoms with Crippen LogP contribution in [0.5, 0.6) is 5.75 Å². The summed E-state index contributed by atoms with van der Waals surface area (Å²) in [5.74, 6) is 0.0722. The van der Waals surface area contributed by atoms with Crippen molar-refractivity contribution in [1.82, 2.24) is 9.78 Å². The lowest BCUT2D eigenvalue weighted by atomic mass is 9.92. The van der Waals surface area contributed by atoms with E-state index in [-0.39, 0.29) is 11.0 Å². The summed E-state index contributed by atoms with van der Waals surface area (Å²) < 4.78 is 6.92. The zero-order valence-corrected chi connectivity index (χ0v) is 17.8. The van der Waals surface area contributed by atoms with E-state index >= 15 is 0 Å². The smallest absolute Gasteiger partial charge is 0.337 e. The molecule has 0 fully saturated rings. The summed E-state index contributed by atoms with van der Waals surface area (Å²) in [6, 6.07) is 12.4. The van der Waals surface area contributed by atoms with Crippen LogP contribution in [0, 0.1) is 6.92 Å². The van der Waals surface area contributed by atoms with E-state index in [9.17, 15) is 9.90 Å². The van der Waals surface area contributed by atoms with Crippen molar-refractivity contribution in [3.05, 3.63) is 64.3 Å². The Kier molecular flexibility index (Phi) is 5.57. The molecule has 0 aliphatic rings. The van der Waals surface area contributed by atoms with Crippen LogP contribution in [0.25, 0.3) is 5.69 Å². The van der Waals surface area contributed by atoms with Crippen LogP contribution >= 0.6 is 11.6 Å². The molecule has 7 heteroatoms. The van der Waals surface area contributed by atoms with E-state index in [4.69, 9.17) is 21.4 Å². The van der Waals surface area contributed by atoms with E-state index in [2.05, 4.69) is 26.1 Å². The molecule has 0 aliphatic heterocycles. The second-order valence-electron chi connectivity index (χ2n) is 7.85. The number of aromatic carboxylic acids is 1. The molecule has 0 amide bonds. The minimum atomic E-state index is -1.05. The van der Waals surface area contributed by atoms with Gasteiger partial charge in [-0.3, -0.25) is 0 Å². The van der Waals surface area contributed by atoms with Crippen LogP contribution in [0.1, 0.15) is 42.4 Å². The number of ether oxygens (including phenoxy) is 1. The van der Waals surface area contributed by atoms with Gasteiger partial charge in [0.1, 0.15) is 11.6 Å². The number of methoxy groups -OCH3 is 1. The summed E-state index contributed by atoms with van der Waals surface area (Å²) in [6.07, 6.45) is 0. The zero-order chi connectivity index (χ0) is 21.3. The van der Waals surface area contributed by atoms with Gasteiger partial charge in [-0.25, -0.2) is 9.48 Å². The molecule has 2 aromatic carbocycles. The first-order valence-electron chi connectivity index (χ1n) is 9.15. The monoisotopic (exact) mass is 413 g/mol. The lowest BCUT2D eigenvalue weighted by Crippen LogP contribution is -2.13. The van der Waals surface area contributed by atoms with Crippen molar-refractivity contribution in [2.45, 2.75) is 33.1 Å². The van der Waals surface area contributed by atoms with Gasteiger partial charge in [-0.2, -0.15) is 5.10 Å². The highest BCUT2D eigenvalue weighted by molar-refractivity contribution is 6.30. The number of anilines is 2. The van der Waals surface area contributed by atoms with Crippen LogP contribution in [0.15, 0.2) is 42.5 Å². The molecule has 0 atom stereocenters. The van der Waals surface area contributed by atoms with Gasteiger partial charge in [-0.05, 0) is 42.8 Å². The van der Waals surface area contributed by atoms with Crippen molar-refractivity contribution in [3.63, 3.8) is 0 Å². The molecule has 3 rings (SSSR count). The summed E-state index contributed by atoms with van der Waals surface area (Å²) in [5, 5.41) is 18.2. The Balaban J connectivity index is 2.16. The minimum Gasteiger partial charge on any atom is -0.497 e. The average molecular weight is 414 g/mol. The van der Waals surface area contributed by atoms with Gasteiger partial charge in [-0.1, -0.05) is 38.4 Å². The van der Waals surface area contributed by atoms with E-state index in [1.807, 2.05) is 31.2 Å². The molecule has 0 aliphatic carbocycles. The molecule has 6 nitrogen and oxygen atoms in total. The number of hydrogen-bond acceptors (Lipinski definition) is 4. The Hall–Kier alpha value is -2.99. The third-order valence-corrected chi connectivity index (χ3v) is 4.83. The van der Waals surface area contributed by atoms with Gasteiger partial charge in [0.25, 0.3) is 0 Å². The minimum absolute atomic E-state index is 0.109. The molecule has 29 heavy (non-hydrogen) atoms. The van der Waals surface area contributed by atoms with Gasteiger partial charge in [0.05, 0.1) is 29.7 Å². The quantitative estimate of drug-likeness (QED) is 0.570. The lowest BCUT2D eigenvalue weighted by Gasteiger charge is -2.15. The Morgan fingerprint density at radius 2 is 1.90 bits per heavy atom. The topological polar surface area (TPSA) is 76.4 Å². The predicted octanol–water partition coefficient (Wildman–Crippen LogP) is 5.58. The molecule has 0 unspecified atom stereocenters. The Labute approximate surface area is 175 Å². The first kappa shape index (κ1) is 20.7. The van der Waals surface area contributed by atoms with Crippen molar-refractivity contribution in [2.75, 3.05) is 12.4 Å². The lowest BCUT2D eigenvalue weighted by molar-refractivity contribution is 0.0697. The van der Waals surface area contributed by atoms with Gasteiger partial charge >= 0.3 is 5.97 Å². The first-order valence-corrected chi connectivity index (χ1v) is 9.53. The van der Waals surface area contributed by atoms with Crippen LogP contribution in [0.3, 0.4) is 0 Å². The van der Waals surface area contributed by atoms with Crippen LogP contribution in [-0.4, -0.2) is 28.0 Å². The van der Waals surface area contributed by atoms with E-state index in [1.54, 1.807) is 16.8 Å². The molecule has 0 spiro atoms. The number of carboxylic acids is 1. The van der Waals surface area contributed by atoms with Crippen molar-refractivity contribution >= 4 is 29.1 Å². The van der Waals surface area contributed by atoms with Crippen LogP contribution in [0.4, 0.5) is 11.5 Å². The number of benzene rings is 2. The molecule has 3 aromatic rings. The second-order valence-corrected chi connectivity index (χ2v) is 8.29. The normalized spacial score (nSPS) is 11.4. The number of hydrogen-bond donors (Lipinski definition) is 2. The molecule has 152 valence electrons. The maximum Gasteiger partial charge on any atom is 0.337 e. The molecule has 1 heterocycles. The summed E-state index contributed by atoms with van der Waals surface area (Å²) in [5.41, 5.74) is 3.04. The van der Waals surface area contributed by atoms with Gasteiger partial charge in [0.15, 0.2) is 0 Å². The fourth-order valence-corrected chi connectivity index (χ4v) is 3.07. The van der Waals surface area contributed by atoms with Gasteiger partial charge < -0.3 is 15.2 Å². The molecule has 2 N–H and O–H groups in total. The number of nitrogens with zero attached hydrogens (tertiary/aromatic N) is 2. The first-order chi connectivity index (χ1) is 13.6. The van der Waals surface area contributed by atoms with Gasteiger partial charge in [-0.15, -0.1) is 0 Å². The van der Waals surface area contributed by atoms with Crippen LogP contribution in [0.2, 0.25) is 5.02 Å². The van der Waals surface area contributed by atoms with E-state index in [1.165, 1.54) is 13.2 Å². The van der Waals surface area contributed by atoms with E-state index in [0.717, 1.165) is 16.9 Å². The molecular weight excluding hydrogens is 390 g/mol. The van der Waals surface area contributed by atoms with Gasteiger partial charge in [0.2, 0.25) is 0 Å². The Bertz CT molecular complexity index is 1070. The Morgan fingerprint density at radius 3 is 2.52 bits per heavy atom. The van der Waals surface area contributed by atoms with E-state index in [0.29, 0.717) is 22.3 Å². The third kappa shape index (κ3) is 4.38. The summed E-state index contributed by atoms with van der Waals surface area (Å²) in [6.45, 7) is 8.20. The number of carbonyl (C=O) groups is 1. The van der Waals surface area contributed by atoms with Crippen LogP contribution in [-0.2, 0) is 5.41 Å². The number of aryl methyl sites for hydroxylation is 1. The number of carboxylic acid groups (broad SMARTS) is 1. The molecule has 0 saturated heterocycles.